The van der Waals surface area contributed by atoms with Crippen molar-refractivity contribution in [1.82, 2.24) is 0 Å². The van der Waals surface area contributed by atoms with Crippen LogP contribution in [0.1, 0.15) is 0 Å². The van der Waals surface area contributed by atoms with E-state index in [2.05, 4.69) is 0 Å². The van der Waals surface area contributed by atoms with Gasteiger partial charge in [-0.05, 0) is 36.4 Å². The van der Waals surface area contributed by atoms with Crippen LogP contribution < -0.4 is 4.74 Å². The van der Waals surface area contributed by atoms with E-state index in [1.807, 2.05) is 0 Å². The first-order valence-corrected chi connectivity index (χ1v) is 6.33. The summed E-state index contributed by atoms with van der Waals surface area (Å²) in [5.41, 5.74) is 0. The lowest BCUT2D eigenvalue weighted by Crippen LogP contribution is -1.96. The summed E-state index contributed by atoms with van der Waals surface area (Å²) in [6, 6.07) is 13.6. The average Bonchev–Trinajstić information content (AvgIpc) is 2.33. The molecular weight excluding hydrogens is 260 g/mol. The molecule has 0 bridgehead atoms. The lowest BCUT2D eigenvalue weighted by molar-refractivity contribution is 0.481. The molecule has 5 heteroatoms. The van der Waals surface area contributed by atoms with Crippen molar-refractivity contribution in [3.8, 4) is 11.5 Å². The number of rotatable bonds is 3. The van der Waals surface area contributed by atoms with E-state index >= 15 is 0 Å². The van der Waals surface area contributed by atoms with Crippen molar-refractivity contribution in [2.45, 2.75) is 4.90 Å². The van der Waals surface area contributed by atoms with E-state index in [-0.39, 0.29) is 0 Å². The SMILES string of the molecule is O[S+](O)c1ccc(Oc2ccc(Cl)cc2)cc1. The Balaban J connectivity index is 2.11. The summed E-state index contributed by atoms with van der Waals surface area (Å²) < 4.78 is 23.5. The summed E-state index contributed by atoms with van der Waals surface area (Å²) in [6.07, 6.45) is 0. The van der Waals surface area contributed by atoms with Crippen LogP contribution in [0.5, 0.6) is 11.5 Å². The molecule has 0 fully saturated rings. The predicted octanol–water partition coefficient (Wildman–Crippen LogP) is 4.06. The van der Waals surface area contributed by atoms with Gasteiger partial charge < -0.3 is 4.74 Å². The maximum Gasteiger partial charge on any atom is 0.351 e. The second-order valence-corrected chi connectivity index (χ2v) is 4.73. The van der Waals surface area contributed by atoms with Gasteiger partial charge in [0.25, 0.3) is 0 Å². The van der Waals surface area contributed by atoms with E-state index in [0.717, 1.165) is 0 Å². The molecule has 0 heterocycles. The van der Waals surface area contributed by atoms with Crippen molar-refractivity contribution in [2.24, 2.45) is 0 Å². The van der Waals surface area contributed by atoms with Crippen LogP contribution in [0.4, 0.5) is 0 Å². The van der Waals surface area contributed by atoms with Crippen molar-refractivity contribution in [3.63, 3.8) is 0 Å². The molecule has 2 aromatic rings. The minimum Gasteiger partial charge on any atom is -0.457 e. The Morgan fingerprint density at radius 1 is 0.824 bits per heavy atom. The minimum atomic E-state index is -1.71. The second kappa shape index (κ2) is 5.42. The summed E-state index contributed by atoms with van der Waals surface area (Å²) >= 11 is 4.05. The van der Waals surface area contributed by atoms with E-state index in [1.165, 1.54) is 0 Å². The highest BCUT2D eigenvalue weighted by molar-refractivity contribution is 7.86. The molecule has 0 atom stereocenters. The maximum atomic E-state index is 8.96. The van der Waals surface area contributed by atoms with Gasteiger partial charge in [-0.3, -0.25) is 0 Å². The average molecular weight is 270 g/mol. The van der Waals surface area contributed by atoms with Crippen LogP contribution >= 0.6 is 11.6 Å². The fourth-order valence-electron chi connectivity index (χ4n) is 1.27. The van der Waals surface area contributed by atoms with Gasteiger partial charge in [-0.1, -0.05) is 11.6 Å². The Kier molecular flexibility index (Phi) is 3.91. The first-order valence-electron chi connectivity index (χ1n) is 4.81. The standard InChI is InChI=1S/C12H10ClO3S/c13-9-1-3-10(4-2-9)16-11-5-7-12(8-6-11)17(14)15/h1-8,14-15H/q+1. The van der Waals surface area contributed by atoms with E-state index in [0.29, 0.717) is 21.4 Å². The molecule has 0 saturated heterocycles. The van der Waals surface area contributed by atoms with Crippen LogP contribution in [0.25, 0.3) is 0 Å². The molecule has 3 nitrogen and oxygen atoms in total. The predicted molar refractivity (Wildman–Crippen MR) is 68.9 cm³/mol. The molecule has 0 aliphatic heterocycles. The Morgan fingerprint density at radius 3 is 1.76 bits per heavy atom. The largest absolute Gasteiger partial charge is 0.457 e. The molecule has 0 saturated carbocycles. The van der Waals surface area contributed by atoms with Crippen molar-refractivity contribution >= 4 is 23.1 Å². The van der Waals surface area contributed by atoms with Crippen LogP contribution in [0.2, 0.25) is 5.02 Å². The van der Waals surface area contributed by atoms with Crippen LogP contribution in [0.3, 0.4) is 0 Å². The van der Waals surface area contributed by atoms with Crippen molar-refractivity contribution in [3.05, 3.63) is 53.6 Å². The first kappa shape index (κ1) is 12.3. The van der Waals surface area contributed by atoms with Gasteiger partial charge in [0.05, 0.1) is 0 Å². The van der Waals surface area contributed by atoms with Gasteiger partial charge in [0.15, 0.2) is 0 Å². The molecule has 0 aliphatic carbocycles. The number of hydrogen-bond donors (Lipinski definition) is 2. The number of benzene rings is 2. The summed E-state index contributed by atoms with van der Waals surface area (Å²) in [5, 5.41) is 0.650. The number of ether oxygens (including phenoxy) is 1. The molecule has 0 aliphatic rings. The normalized spacial score (nSPS) is 10.6. The Bertz CT molecular complexity index is 482. The molecule has 0 radical (unpaired) electrons. The highest BCUT2D eigenvalue weighted by Crippen LogP contribution is 2.24. The molecule has 0 aromatic heterocycles. The van der Waals surface area contributed by atoms with Gasteiger partial charge in [0, 0.05) is 17.2 Å². The number of halogens is 1. The van der Waals surface area contributed by atoms with Gasteiger partial charge >= 0.3 is 11.5 Å². The van der Waals surface area contributed by atoms with Crippen LogP contribution in [-0.4, -0.2) is 9.11 Å². The smallest absolute Gasteiger partial charge is 0.351 e. The summed E-state index contributed by atoms with van der Waals surface area (Å²) in [6.45, 7) is 0. The molecular formula is C12H10ClO3S+. The van der Waals surface area contributed by atoms with Crippen molar-refractivity contribution in [2.75, 3.05) is 0 Å². The third kappa shape index (κ3) is 3.38. The summed E-state index contributed by atoms with van der Waals surface area (Å²) in [5.74, 6) is 1.30. The lowest BCUT2D eigenvalue weighted by atomic mass is 10.3. The van der Waals surface area contributed by atoms with Crippen LogP contribution in [0.15, 0.2) is 53.4 Å². The lowest BCUT2D eigenvalue weighted by Gasteiger charge is -2.04. The fourth-order valence-corrected chi connectivity index (χ4v) is 1.77. The Labute approximate surface area is 107 Å². The molecule has 0 unspecified atom stereocenters. The van der Waals surface area contributed by atoms with E-state index in [1.54, 1.807) is 48.5 Å². The number of hydrogen-bond acceptors (Lipinski definition) is 3. The third-order valence-electron chi connectivity index (χ3n) is 2.08. The van der Waals surface area contributed by atoms with Gasteiger partial charge in [0.2, 0.25) is 4.90 Å². The summed E-state index contributed by atoms with van der Waals surface area (Å²) in [7, 11) is 0. The maximum absolute atomic E-state index is 8.96. The minimum absolute atomic E-state index is 0.452. The van der Waals surface area contributed by atoms with Gasteiger partial charge in [0.1, 0.15) is 11.5 Å². The van der Waals surface area contributed by atoms with Crippen molar-refractivity contribution < 1.29 is 13.8 Å². The zero-order chi connectivity index (χ0) is 12.3. The first-order chi connectivity index (χ1) is 8.15. The van der Waals surface area contributed by atoms with Crippen LogP contribution in [0, 0.1) is 0 Å². The van der Waals surface area contributed by atoms with E-state index < -0.39 is 11.5 Å². The zero-order valence-corrected chi connectivity index (χ0v) is 10.3. The molecule has 2 N–H and O–H groups in total. The topological polar surface area (TPSA) is 49.7 Å². The van der Waals surface area contributed by atoms with E-state index in [9.17, 15) is 0 Å². The van der Waals surface area contributed by atoms with Gasteiger partial charge in [-0.2, -0.15) is 9.11 Å². The van der Waals surface area contributed by atoms with E-state index in [4.69, 9.17) is 25.4 Å². The summed E-state index contributed by atoms with van der Waals surface area (Å²) in [4.78, 5) is 0.452. The van der Waals surface area contributed by atoms with Crippen LogP contribution in [-0.2, 0) is 11.5 Å². The molecule has 0 amide bonds. The molecule has 17 heavy (non-hydrogen) atoms. The third-order valence-corrected chi connectivity index (χ3v) is 3.03. The highest BCUT2D eigenvalue weighted by atomic mass is 35.5. The Hall–Kier alpha value is -1.20. The van der Waals surface area contributed by atoms with Crippen molar-refractivity contribution in [1.29, 1.82) is 0 Å². The second-order valence-electron chi connectivity index (χ2n) is 3.29. The van der Waals surface area contributed by atoms with Gasteiger partial charge in [-0.25, -0.2) is 0 Å². The molecule has 2 aromatic carbocycles. The Morgan fingerprint density at radius 2 is 1.29 bits per heavy atom. The molecule has 88 valence electrons. The molecule has 2 rings (SSSR count). The zero-order valence-electron chi connectivity index (χ0n) is 8.71. The fraction of sp³-hybridized carbons (Fsp3) is 0. The quantitative estimate of drug-likeness (QED) is 0.826. The highest BCUT2D eigenvalue weighted by Gasteiger charge is 2.15. The monoisotopic (exact) mass is 269 g/mol. The molecule has 0 spiro atoms. The van der Waals surface area contributed by atoms with Gasteiger partial charge in [-0.15, -0.1) is 0 Å².